The summed E-state index contributed by atoms with van der Waals surface area (Å²) in [5.41, 5.74) is 2.49. The van der Waals surface area contributed by atoms with Crippen molar-refractivity contribution in [3.63, 3.8) is 0 Å². The molecular formula is C21H22N4O3S. The van der Waals surface area contributed by atoms with Gasteiger partial charge in [-0.25, -0.2) is 0 Å². The predicted molar refractivity (Wildman–Crippen MR) is 114 cm³/mol. The first-order chi connectivity index (χ1) is 14.0. The third kappa shape index (κ3) is 3.51. The number of aromatic nitrogens is 1. The third-order valence-electron chi connectivity index (χ3n) is 5.41. The molecule has 0 radical (unpaired) electrons. The lowest BCUT2D eigenvalue weighted by Gasteiger charge is -2.36. The maximum Gasteiger partial charge on any atom is 0.292 e. The van der Waals surface area contributed by atoms with Crippen molar-refractivity contribution in [2.75, 3.05) is 31.1 Å². The van der Waals surface area contributed by atoms with Gasteiger partial charge in [-0.2, -0.15) is 0 Å². The summed E-state index contributed by atoms with van der Waals surface area (Å²) in [5, 5.41) is 12.3. The Balaban J connectivity index is 1.55. The highest BCUT2D eigenvalue weighted by atomic mass is 32.1. The topological polar surface area (TPSA) is 71.6 Å². The minimum Gasteiger partial charge on any atom is -0.362 e. The van der Waals surface area contributed by atoms with Gasteiger partial charge in [-0.3, -0.25) is 14.9 Å². The number of hydrogen-bond acceptors (Lipinski definition) is 5. The number of carbonyl (C=O) groups excluding carboxylic acids is 1. The number of aryl methyl sites for hydroxylation is 1. The van der Waals surface area contributed by atoms with Crippen LogP contribution in [-0.4, -0.2) is 46.5 Å². The molecule has 7 nitrogen and oxygen atoms in total. The normalized spacial score (nSPS) is 14.3. The molecule has 0 atom stereocenters. The molecular weight excluding hydrogens is 388 g/mol. The maximum absolute atomic E-state index is 13.4. The number of thiophene rings is 1. The Morgan fingerprint density at radius 1 is 1.03 bits per heavy atom. The summed E-state index contributed by atoms with van der Waals surface area (Å²) in [4.78, 5) is 29.3. The molecule has 0 saturated carbocycles. The van der Waals surface area contributed by atoms with Crippen molar-refractivity contribution in [2.45, 2.75) is 13.8 Å². The fourth-order valence-electron chi connectivity index (χ4n) is 3.71. The van der Waals surface area contributed by atoms with E-state index < -0.39 is 0 Å². The van der Waals surface area contributed by atoms with Gasteiger partial charge in [0.1, 0.15) is 10.7 Å². The van der Waals surface area contributed by atoms with Crippen LogP contribution in [0.15, 0.2) is 48.8 Å². The van der Waals surface area contributed by atoms with Crippen molar-refractivity contribution in [1.29, 1.82) is 0 Å². The first-order valence-electron chi connectivity index (χ1n) is 9.48. The Morgan fingerprint density at radius 2 is 1.69 bits per heavy atom. The van der Waals surface area contributed by atoms with Crippen molar-refractivity contribution in [3.05, 3.63) is 74.9 Å². The Hall–Kier alpha value is -3.13. The molecule has 2 aromatic heterocycles. The van der Waals surface area contributed by atoms with Gasteiger partial charge in [0.15, 0.2) is 0 Å². The van der Waals surface area contributed by atoms with Crippen LogP contribution in [0.1, 0.15) is 20.8 Å². The molecule has 1 aliphatic heterocycles. The second-order valence-electron chi connectivity index (χ2n) is 7.08. The van der Waals surface area contributed by atoms with E-state index in [0.717, 1.165) is 21.0 Å². The van der Waals surface area contributed by atoms with Crippen LogP contribution in [0.4, 0.5) is 11.4 Å². The highest BCUT2D eigenvalue weighted by molar-refractivity contribution is 7.15. The number of nitro groups is 1. The molecule has 8 heteroatoms. The summed E-state index contributed by atoms with van der Waals surface area (Å²) in [6.45, 7) is 6.23. The summed E-state index contributed by atoms with van der Waals surface area (Å²) in [6, 6.07) is 10.7. The van der Waals surface area contributed by atoms with E-state index in [4.69, 9.17) is 0 Å². The monoisotopic (exact) mass is 410 g/mol. The molecule has 0 N–H and O–H groups in total. The summed E-state index contributed by atoms with van der Waals surface area (Å²) < 4.78 is 1.99. The Labute approximate surface area is 172 Å². The first kappa shape index (κ1) is 19.2. The summed E-state index contributed by atoms with van der Waals surface area (Å²) in [6.07, 6.45) is 3.90. The van der Waals surface area contributed by atoms with Crippen molar-refractivity contribution in [2.24, 2.45) is 0 Å². The highest BCUT2D eigenvalue weighted by Crippen LogP contribution is 2.33. The van der Waals surface area contributed by atoms with E-state index in [1.54, 1.807) is 29.5 Å². The number of nitrogens with zero attached hydrogens (tertiary/aromatic N) is 4. The first-order valence-corrected chi connectivity index (χ1v) is 10.3. The molecule has 1 amide bonds. The number of anilines is 1. The van der Waals surface area contributed by atoms with Gasteiger partial charge in [-0.1, -0.05) is 12.1 Å². The Kier molecular flexibility index (Phi) is 5.10. The molecule has 29 heavy (non-hydrogen) atoms. The molecule has 0 spiro atoms. The van der Waals surface area contributed by atoms with Crippen LogP contribution in [0.5, 0.6) is 0 Å². The SMILES string of the molecule is Cc1sc(-n2cccc2)c(C(=O)N2CCN(c3ccccc3[N+](=O)[O-])CC2)c1C. The molecule has 3 aromatic rings. The number of carbonyl (C=O) groups is 1. The smallest absolute Gasteiger partial charge is 0.292 e. The van der Waals surface area contributed by atoms with Crippen LogP contribution >= 0.6 is 11.3 Å². The number of hydrogen-bond donors (Lipinski definition) is 0. The highest BCUT2D eigenvalue weighted by Gasteiger charge is 2.29. The molecule has 1 aliphatic rings. The van der Waals surface area contributed by atoms with Crippen LogP contribution in [0.3, 0.4) is 0 Å². The molecule has 4 rings (SSSR count). The van der Waals surface area contributed by atoms with Crippen molar-refractivity contribution in [1.82, 2.24) is 9.47 Å². The number of piperazine rings is 1. The molecule has 150 valence electrons. The quantitative estimate of drug-likeness (QED) is 0.481. The Morgan fingerprint density at radius 3 is 2.34 bits per heavy atom. The van der Waals surface area contributed by atoms with E-state index in [1.807, 2.05) is 52.7 Å². The van der Waals surface area contributed by atoms with Gasteiger partial charge in [0.2, 0.25) is 0 Å². The van der Waals surface area contributed by atoms with Gasteiger partial charge in [0.25, 0.3) is 11.6 Å². The molecule has 3 heterocycles. The fraction of sp³-hybridized carbons (Fsp3) is 0.286. The second-order valence-corrected chi connectivity index (χ2v) is 8.28. The number of benzene rings is 1. The average molecular weight is 410 g/mol. The number of nitro benzene ring substituents is 1. The minimum absolute atomic E-state index is 0.0257. The van der Waals surface area contributed by atoms with Crippen LogP contribution in [0.2, 0.25) is 0 Å². The van der Waals surface area contributed by atoms with E-state index in [9.17, 15) is 14.9 Å². The van der Waals surface area contributed by atoms with Gasteiger partial charge in [-0.05, 0) is 37.6 Å². The van der Waals surface area contributed by atoms with Gasteiger partial charge >= 0.3 is 0 Å². The lowest BCUT2D eigenvalue weighted by molar-refractivity contribution is -0.384. The van der Waals surface area contributed by atoms with Gasteiger partial charge in [-0.15, -0.1) is 11.3 Å². The molecule has 0 aliphatic carbocycles. The molecule has 0 bridgehead atoms. The van der Waals surface area contributed by atoms with Crippen molar-refractivity contribution in [3.8, 4) is 5.00 Å². The molecule has 1 saturated heterocycles. The standard InChI is InChI=1S/C21H22N4O3S/c1-15-16(2)29-21(24-9-5-6-10-24)19(15)20(26)23-13-11-22(12-14-23)17-7-3-4-8-18(17)25(27)28/h3-10H,11-14H2,1-2H3. The lowest BCUT2D eigenvalue weighted by Crippen LogP contribution is -2.49. The van der Waals surface area contributed by atoms with Gasteiger partial charge in [0, 0.05) is 49.5 Å². The Bertz CT molecular complexity index is 1050. The van der Waals surface area contributed by atoms with Crippen LogP contribution in [0, 0.1) is 24.0 Å². The minimum atomic E-state index is -0.353. The molecule has 1 aromatic carbocycles. The summed E-state index contributed by atoms with van der Waals surface area (Å²) in [7, 11) is 0. The summed E-state index contributed by atoms with van der Waals surface area (Å²) >= 11 is 1.62. The lowest BCUT2D eigenvalue weighted by atomic mass is 10.1. The van der Waals surface area contributed by atoms with Crippen molar-refractivity contribution < 1.29 is 9.72 Å². The van der Waals surface area contributed by atoms with E-state index >= 15 is 0 Å². The van der Waals surface area contributed by atoms with Gasteiger partial charge < -0.3 is 14.4 Å². The third-order valence-corrected chi connectivity index (χ3v) is 6.63. The maximum atomic E-state index is 13.4. The van der Waals surface area contributed by atoms with Gasteiger partial charge in [0.05, 0.1) is 10.5 Å². The van der Waals surface area contributed by atoms with Crippen molar-refractivity contribution >= 4 is 28.6 Å². The van der Waals surface area contributed by atoms with Crippen LogP contribution in [-0.2, 0) is 0 Å². The zero-order valence-electron chi connectivity index (χ0n) is 16.4. The van der Waals surface area contributed by atoms with Crippen LogP contribution < -0.4 is 4.90 Å². The zero-order valence-corrected chi connectivity index (χ0v) is 17.2. The largest absolute Gasteiger partial charge is 0.362 e. The second kappa shape index (κ2) is 7.71. The zero-order chi connectivity index (χ0) is 20.5. The number of amides is 1. The number of para-hydroxylation sites is 2. The van der Waals surface area contributed by atoms with E-state index in [1.165, 1.54) is 6.07 Å². The summed E-state index contributed by atoms with van der Waals surface area (Å²) in [5.74, 6) is 0.0257. The van der Waals surface area contributed by atoms with Crippen LogP contribution in [0.25, 0.3) is 5.00 Å². The average Bonchev–Trinajstić information content (AvgIpc) is 3.36. The number of rotatable bonds is 4. The van der Waals surface area contributed by atoms with E-state index in [2.05, 4.69) is 0 Å². The molecule has 0 unspecified atom stereocenters. The predicted octanol–water partition coefficient (Wildman–Crippen LogP) is 4.03. The fourth-order valence-corrected chi connectivity index (χ4v) is 4.82. The van der Waals surface area contributed by atoms with E-state index in [-0.39, 0.29) is 16.5 Å². The van der Waals surface area contributed by atoms with E-state index in [0.29, 0.717) is 31.9 Å². The molecule has 1 fully saturated rings.